The van der Waals surface area contributed by atoms with Crippen molar-refractivity contribution in [1.29, 1.82) is 0 Å². The van der Waals surface area contributed by atoms with E-state index in [0.717, 1.165) is 11.4 Å². The molecule has 2 aromatic rings. The molecule has 21 heavy (non-hydrogen) atoms. The van der Waals surface area contributed by atoms with Gasteiger partial charge in [0.2, 0.25) is 0 Å². The number of anilines is 1. The van der Waals surface area contributed by atoms with E-state index in [4.69, 9.17) is 11.6 Å². The van der Waals surface area contributed by atoms with Gasteiger partial charge in [-0.1, -0.05) is 11.6 Å². The number of hydrogen-bond donors (Lipinski definition) is 1. The first-order chi connectivity index (χ1) is 9.97. The topological polar surface area (TPSA) is 47.0 Å². The summed E-state index contributed by atoms with van der Waals surface area (Å²) in [5.41, 5.74) is 1.86. The summed E-state index contributed by atoms with van der Waals surface area (Å²) in [6.07, 6.45) is 3.17. The third-order valence-corrected chi connectivity index (χ3v) is 3.09. The number of alkyl halides is 2. The Morgan fingerprint density at radius 3 is 2.62 bits per heavy atom. The maximum Gasteiger partial charge on any atom is 0.387 e. The fraction of sp³-hybridized carbons (Fsp3) is 0.286. The van der Waals surface area contributed by atoms with Gasteiger partial charge in [0.1, 0.15) is 5.75 Å². The molecule has 2 rings (SSSR count). The van der Waals surface area contributed by atoms with Gasteiger partial charge in [0.05, 0.1) is 23.1 Å². The molecule has 1 unspecified atom stereocenters. The van der Waals surface area contributed by atoms with Crippen molar-refractivity contribution in [3.8, 4) is 5.75 Å². The Kier molecular flexibility index (Phi) is 4.90. The summed E-state index contributed by atoms with van der Waals surface area (Å²) in [7, 11) is 0. The second-order valence-corrected chi connectivity index (χ2v) is 4.85. The number of nitrogens with zero attached hydrogens (tertiary/aromatic N) is 2. The van der Waals surface area contributed by atoms with E-state index in [-0.39, 0.29) is 11.8 Å². The molecule has 0 saturated heterocycles. The van der Waals surface area contributed by atoms with Crippen LogP contribution in [0.15, 0.2) is 30.6 Å². The summed E-state index contributed by atoms with van der Waals surface area (Å²) in [5, 5.41) is 3.49. The third-order valence-electron chi connectivity index (χ3n) is 2.86. The lowest BCUT2D eigenvalue weighted by Crippen LogP contribution is -2.13. The van der Waals surface area contributed by atoms with Gasteiger partial charge in [-0.2, -0.15) is 8.78 Å². The molecule has 1 N–H and O–H groups in total. The van der Waals surface area contributed by atoms with E-state index in [2.05, 4.69) is 20.0 Å². The quantitative estimate of drug-likeness (QED) is 0.898. The smallest absolute Gasteiger partial charge is 0.387 e. The van der Waals surface area contributed by atoms with E-state index in [1.54, 1.807) is 12.4 Å². The van der Waals surface area contributed by atoms with Crippen LogP contribution in [0.3, 0.4) is 0 Å². The molecule has 0 aliphatic rings. The Hall–Kier alpha value is -1.95. The highest BCUT2D eigenvalue weighted by atomic mass is 35.5. The standard InChI is InChI=1S/C14H14ClF2N3O/c1-8-13(19-6-5-18-8)9(2)20-11-7-10(15)3-4-12(11)21-14(16)17/h3-7,9,14,20H,1-2H3. The van der Waals surface area contributed by atoms with Crippen LogP contribution in [0, 0.1) is 6.92 Å². The average Bonchev–Trinajstić information content (AvgIpc) is 2.42. The molecule has 1 aromatic carbocycles. The Morgan fingerprint density at radius 2 is 1.95 bits per heavy atom. The molecule has 1 aromatic heterocycles. The van der Waals surface area contributed by atoms with Gasteiger partial charge in [0, 0.05) is 17.4 Å². The highest BCUT2D eigenvalue weighted by Crippen LogP contribution is 2.32. The molecular formula is C14H14ClF2N3O. The summed E-state index contributed by atoms with van der Waals surface area (Å²) >= 11 is 5.90. The van der Waals surface area contributed by atoms with E-state index in [9.17, 15) is 8.78 Å². The second kappa shape index (κ2) is 6.67. The van der Waals surface area contributed by atoms with Crippen LogP contribution in [0.1, 0.15) is 24.4 Å². The molecule has 0 spiro atoms. The molecule has 0 radical (unpaired) electrons. The van der Waals surface area contributed by atoms with Crippen LogP contribution in [0.25, 0.3) is 0 Å². The maximum absolute atomic E-state index is 12.4. The minimum Gasteiger partial charge on any atom is -0.433 e. The Labute approximate surface area is 126 Å². The van der Waals surface area contributed by atoms with Gasteiger partial charge in [-0.05, 0) is 32.0 Å². The molecule has 1 heterocycles. The van der Waals surface area contributed by atoms with Crippen molar-refractivity contribution >= 4 is 17.3 Å². The minimum atomic E-state index is -2.90. The average molecular weight is 314 g/mol. The van der Waals surface area contributed by atoms with Crippen LogP contribution < -0.4 is 10.1 Å². The molecule has 4 nitrogen and oxygen atoms in total. The Balaban J connectivity index is 2.26. The van der Waals surface area contributed by atoms with E-state index in [1.807, 2.05) is 13.8 Å². The highest BCUT2D eigenvalue weighted by Gasteiger charge is 2.15. The zero-order chi connectivity index (χ0) is 15.4. The van der Waals surface area contributed by atoms with Gasteiger partial charge in [0.25, 0.3) is 0 Å². The number of benzene rings is 1. The summed E-state index contributed by atoms with van der Waals surface area (Å²) in [6, 6.07) is 4.18. The highest BCUT2D eigenvalue weighted by molar-refractivity contribution is 6.30. The van der Waals surface area contributed by atoms with Crippen molar-refractivity contribution in [2.24, 2.45) is 0 Å². The number of halogens is 3. The van der Waals surface area contributed by atoms with Crippen molar-refractivity contribution in [1.82, 2.24) is 9.97 Å². The molecule has 0 aliphatic carbocycles. The van der Waals surface area contributed by atoms with Crippen LogP contribution in [0.5, 0.6) is 5.75 Å². The van der Waals surface area contributed by atoms with Gasteiger partial charge in [-0.3, -0.25) is 9.97 Å². The molecule has 0 saturated carbocycles. The SMILES string of the molecule is Cc1nccnc1C(C)Nc1cc(Cl)ccc1OC(F)F. The van der Waals surface area contributed by atoms with Gasteiger partial charge in [-0.25, -0.2) is 0 Å². The monoisotopic (exact) mass is 313 g/mol. The molecule has 0 fully saturated rings. The fourth-order valence-corrected chi connectivity index (χ4v) is 2.13. The van der Waals surface area contributed by atoms with Crippen molar-refractivity contribution in [3.05, 3.63) is 47.0 Å². The van der Waals surface area contributed by atoms with Crippen molar-refractivity contribution in [2.45, 2.75) is 26.5 Å². The molecule has 0 bridgehead atoms. The van der Waals surface area contributed by atoms with Gasteiger partial charge in [0.15, 0.2) is 0 Å². The first kappa shape index (κ1) is 15.4. The lowest BCUT2D eigenvalue weighted by Gasteiger charge is -2.19. The molecule has 1 atom stereocenters. The number of ether oxygens (including phenoxy) is 1. The molecule has 0 amide bonds. The van der Waals surface area contributed by atoms with Gasteiger partial charge >= 0.3 is 6.61 Å². The lowest BCUT2D eigenvalue weighted by atomic mass is 10.1. The molecular weight excluding hydrogens is 300 g/mol. The van der Waals surface area contributed by atoms with Gasteiger partial charge < -0.3 is 10.1 Å². The van der Waals surface area contributed by atoms with E-state index in [1.165, 1.54) is 18.2 Å². The second-order valence-electron chi connectivity index (χ2n) is 4.41. The number of hydrogen-bond acceptors (Lipinski definition) is 4. The zero-order valence-corrected chi connectivity index (χ0v) is 12.2. The largest absolute Gasteiger partial charge is 0.433 e. The first-order valence-corrected chi connectivity index (χ1v) is 6.63. The van der Waals surface area contributed by atoms with E-state index >= 15 is 0 Å². The van der Waals surface area contributed by atoms with Crippen LogP contribution in [-0.4, -0.2) is 16.6 Å². The number of nitrogens with one attached hydrogen (secondary N) is 1. The number of rotatable bonds is 5. The summed E-state index contributed by atoms with van der Waals surface area (Å²) in [4.78, 5) is 8.39. The zero-order valence-electron chi connectivity index (χ0n) is 11.5. The van der Waals surface area contributed by atoms with Crippen molar-refractivity contribution in [3.63, 3.8) is 0 Å². The maximum atomic E-state index is 12.4. The van der Waals surface area contributed by atoms with Crippen molar-refractivity contribution < 1.29 is 13.5 Å². The van der Waals surface area contributed by atoms with Crippen LogP contribution in [0.2, 0.25) is 5.02 Å². The van der Waals surface area contributed by atoms with Crippen LogP contribution in [0.4, 0.5) is 14.5 Å². The van der Waals surface area contributed by atoms with Gasteiger partial charge in [-0.15, -0.1) is 0 Å². The predicted octanol–water partition coefficient (Wildman–Crippen LogP) is 4.21. The summed E-state index contributed by atoms with van der Waals surface area (Å²) < 4.78 is 29.3. The predicted molar refractivity (Wildman–Crippen MR) is 76.9 cm³/mol. The summed E-state index contributed by atoms with van der Waals surface area (Å²) in [6.45, 7) is 0.777. The van der Waals surface area contributed by atoms with Crippen LogP contribution in [-0.2, 0) is 0 Å². The summed E-state index contributed by atoms with van der Waals surface area (Å²) in [5.74, 6) is 0.0304. The normalized spacial score (nSPS) is 12.3. The van der Waals surface area contributed by atoms with Crippen molar-refractivity contribution in [2.75, 3.05) is 5.32 Å². The molecule has 0 aliphatic heterocycles. The number of aryl methyl sites for hydroxylation is 1. The lowest BCUT2D eigenvalue weighted by molar-refractivity contribution is -0.0493. The Bertz CT molecular complexity index is 625. The van der Waals surface area contributed by atoms with E-state index in [0.29, 0.717) is 10.7 Å². The molecule has 112 valence electrons. The van der Waals surface area contributed by atoms with E-state index < -0.39 is 6.61 Å². The minimum absolute atomic E-state index is 0.0304. The van der Waals surface area contributed by atoms with Crippen LogP contribution >= 0.6 is 11.6 Å². The molecule has 7 heteroatoms. The Morgan fingerprint density at radius 1 is 1.24 bits per heavy atom. The fourth-order valence-electron chi connectivity index (χ4n) is 1.96. The number of aromatic nitrogens is 2. The third kappa shape index (κ3) is 4.01. The first-order valence-electron chi connectivity index (χ1n) is 6.25.